The summed E-state index contributed by atoms with van der Waals surface area (Å²) in [6, 6.07) is 19.9. The quantitative estimate of drug-likeness (QED) is 0.132. The van der Waals surface area contributed by atoms with Crippen LogP contribution in [0.3, 0.4) is 0 Å². The van der Waals surface area contributed by atoms with E-state index in [9.17, 15) is 4.79 Å². The van der Waals surface area contributed by atoms with Gasteiger partial charge < -0.3 is 13.9 Å². The maximum absolute atomic E-state index is 13.1. The molecule has 38 heavy (non-hydrogen) atoms. The molecule has 1 aromatic heterocycles. The Morgan fingerprint density at radius 1 is 0.737 bits per heavy atom. The summed E-state index contributed by atoms with van der Waals surface area (Å²) < 4.78 is 17.1. The first-order valence-electron chi connectivity index (χ1n) is 14.0. The molecule has 4 heteroatoms. The van der Waals surface area contributed by atoms with Crippen LogP contribution in [-0.2, 0) is 0 Å². The van der Waals surface area contributed by atoms with Crippen LogP contribution >= 0.6 is 0 Å². The van der Waals surface area contributed by atoms with Gasteiger partial charge in [-0.3, -0.25) is 0 Å². The molecule has 0 saturated carbocycles. The average molecular weight is 513 g/mol. The highest BCUT2D eigenvalue weighted by atomic mass is 16.5. The monoisotopic (exact) mass is 512 g/mol. The van der Waals surface area contributed by atoms with Gasteiger partial charge in [-0.15, -0.1) is 0 Å². The third-order valence-electron chi connectivity index (χ3n) is 7.32. The van der Waals surface area contributed by atoms with Gasteiger partial charge in [0.2, 0.25) is 0 Å². The van der Waals surface area contributed by atoms with E-state index < -0.39 is 0 Å². The lowest BCUT2D eigenvalue weighted by atomic mass is 9.95. The summed E-state index contributed by atoms with van der Waals surface area (Å²) in [5, 5.41) is 0.925. The first-order valence-corrected chi connectivity index (χ1v) is 14.0. The van der Waals surface area contributed by atoms with Crippen LogP contribution in [0.25, 0.3) is 33.2 Å². The summed E-state index contributed by atoms with van der Waals surface area (Å²) >= 11 is 0. The highest BCUT2D eigenvalue weighted by Crippen LogP contribution is 2.32. The van der Waals surface area contributed by atoms with Crippen molar-refractivity contribution in [1.29, 1.82) is 0 Å². The largest absolute Gasteiger partial charge is 0.497 e. The number of fused-ring (bicyclic) bond motifs is 1. The molecule has 4 aromatic rings. The summed E-state index contributed by atoms with van der Waals surface area (Å²) in [4.78, 5) is 13.1. The van der Waals surface area contributed by atoms with E-state index in [1.807, 2.05) is 49.4 Å². The van der Waals surface area contributed by atoms with Gasteiger partial charge >= 0.3 is 5.63 Å². The summed E-state index contributed by atoms with van der Waals surface area (Å²) in [6.45, 7) is 6.99. The lowest BCUT2D eigenvalue weighted by Crippen LogP contribution is -2.06. The Bertz CT molecular complexity index is 1400. The van der Waals surface area contributed by atoms with Crippen molar-refractivity contribution in [2.75, 3.05) is 13.7 Å². The van der Waals surface area contributed by atoms with Crippen LogP contribution in [0.2, 0.25) is 0 Å². The third kappa shape index (κ3) is 6.66. The molecule has 0 fully saturated rings. The van der Waals surface area contributed by atoms with E-state index in [4.69, 9.17) is 13.9 Å². The van der Waals surface area contributed by atoms with Gasteiger partial charge in [0.15, 0.2) is 0 Å². The molecule has 1 heterocycles. The number of hydrogen-bond acceptors (Lipinski definition) is 4. The number of unbranched alkanes of at least 4 members (excludes halogenated alkanes) is 7. The molecule has 0 spiro atoms. The molecule has 4 rings (SSSR count). The van der Waals surface area contributed by atoms with Crippen molar-refractivity contribution in [3.63, 3.8) is 0 Å². The van der Waals surface area contributed by atoms with Crippen LogP contribution in [0.5, 0.6) is 11.5 Å². The molecule has 0 saturated heterocycles. The smallest absolute Gasteiger partial charge is 0.344 e. The fourth-order valence-electron chi connectivity index (χ4n) is 5.09. The fraction of sp³-hybridized carbons (Fsp3) is 0.382. The predicted octanol–water partition coefficient (Wildman–Crippen LogP) is 9.27. The van der Waals surface area contributed by atoms with E-state index >= 15 is 0 Å². The van der Waals surface area contributed by atoms with E-state index in [1.54, 1.807) is 7.11 Å². The maximum atomic E-state index is 13.1. The van der Waals surface area contributed by atoms with Crippen molar-refractivity contribution >= 4 is 11.0 Å². The predicted molar refractivity (Wildman–Crippen MR) is 157 cm³/mol. The lowest BCUT2D eigenvalue weighted by molar-refractivity contribution is 0.304. The van der Waals surface area contributed by atoms with Gasteiger partial charge in [0.1, 0.15) is 17.1 Å². The summed E-state index contributed by atoms with van der Waals surface area (Å²) in [6.07, 6.45) is 10.1. The van der Waals surface area contributed by atoms with E-state index in [0.29, 0.717) is 17.8 Å². The van der Waals surface area contributed by atoms with Crippen molar-refractivity contribution in [2.45, 2.75) is 72.1 Å². The number of benzene rings is 3. The van der Waals surface area contributed by atoms with Gasteiger partial charge in [-0.2, -0.15) is 0 Å². The highest BCUT2D eigenvalue weighted by molar-refractivity contribution is 5.87. The van der Waals surface area contributed by atoms with E-state index in [2.05, 4.69) is 32.0 Å². The highest BCUT2D eigenvalue weighted by Gasteiger charge is 2.15. The molecule has 4 nitrogen and oxygen atoms in total. The number of hydrogen-bond donors (Lipinski definition) is 0. The van der Waals surface area contributed by atoms with E-state index in [0.717, 1.165) is 51.1 Å². The van der Waals surface area contributed by atoms with Gasteiger partial charge in [0, 0.05) is 11.5 Å². The molecule has 3 aromatic carbocycles. The normalized spacial score (nSPS) is 11.2. The minimum absolute atomic E-state index is 0.330. The van der Waals surface area contributed by atoms with Crippen molar-refractivity contribution in [3.8, 4) is 33.8 Å². The van der Waals surface area contributed by atoms with Gasteiger partial charge in [-0.05, 0) is 72.4 Å². The van der Waals surface area contributed by atoms with Crippen LogP contribution in [-0.4, -0.2) is 13.7 Å². The Kier molecular flexibility index (Phi) is 9.64. The Hall–Kier alpha value is -3.53. The SMILES string of the molecule is CCCCCCCCCCOc1ccc2c(C)c(-c3ccc(-c4ccc(OC)cc4C)cc3)c(=O)oc2c1. The second-order valence-corrected chi connectivity index (χ2v) is 10.1. The van der Waals surface area contributed by atoms with Crippen molar-refractivity contribution in [1.82, 2.24) is 0 Å². The van der Waals surface area contributed by atoms with Crippen LogP contribution in [0.15, 0.2) is 69.9 Å². The molecule has 200 valence electrons. The number of ether oxygens (including phenoxy) is 2. The molecule has 0 aliphatic rings. The Morgan fingerprint density at radius 3 is 2.08 bits per heavy atom. The van der Waals surface area contributed by atoms with E-state index in [-0.39, 0.29) is 5.63 Å². The number of rotatable bonds is 13. The summed E-state index contributed by atoms with van der Waals surface area (Å²) in [5.41, 5.74) is 5.97. The number of methoxy groups -OCH3 is 1. The molecule has 0 aliphatic heterocycles. The van der Waals surface area contributed by atoms with Crippen LogP contribution < -0.4 is 15.1 Å². The standard InChI is InChI=1S/C34H40O4/c1-5-6-7-8-9-10-11-12-21-37-29-18-20-31-25(3)33(34(35)38-32(31)23-29)27-15-13-26(14-16-27)30-19-17-28(36-4)22-24(30)2/h13-20,22-23H,5-12,21H2,1-4H3. The van der Waals surface area contributed by atoms with Gasteiger partial charge in [-0.25, -0.2) is 4.79 Å². The zero-order chi connectivity index (χ0) is 26.9. The molecule has 0 bridgehead atoms. The fourth-order valence-corrected chi connectivity index (χ4v) is 5.09. The van der Waals surface area contributed by atoms with Crippen LogP contribution in [0.4, 0.5) is 0 Å². The Morgan fingerprint density at radius 2 is 1.39 bits per heavy atom. The minimum Gasteiger partial charge on any atom is -0.497 e. The summed E-state index contributed by atoms with van der Waals surface area (Å²) in [5.74, 6) is 1.59. The Labute approximate surface area is 226 Å². The first kappa shape index (κ1) is 27.5. The second-order valence-electron chi connectivity index (χ2n) is 10.1. The maximum Gasteiger partial charge on any atom is 0.344 e. The average Bonchev–Trinajstić information content (AvgIpc) is 2.92. The Balaban J connectivity index is 1.43. The molecule has 0 atom stereocenters. The van der Waals surface area contributed by atoms with Crippen molar-refractivity contribution in [3.05, 3.63) is 82.2 Å². The first-order chi connectivity index (χ1) is 18.5. The van der Waals surface area contributed by atoms with Gasteiger partial charge in [-0.1, -0.05) is 82.2 Å². The minimum atomic E-state index is -0.330. The van der Waals surface area contributed by atoms with Crippen LogP contribution in [0, 0.1) is 13.8 Å². The van der Waals surface area contributed by atoms with Crippen molar-refractivity contribution < 1.29 is 13.9 Å². The zero-order valence-corrected chi connectivity index (χ0v) is 23.3. The molecule has 0 radical (unpaired) electrons. The molecule has 0 N–H and O–H groups in total. The second kappa shape index (κ2) is 13.3. The molecule has 0 unspecified atom stereocenters. The van der Waals surface area contributed by atoms with E-state index in [1.165, 1.54) is 44.9 Å². The van der Waals surface area contributed by atoms with Gasteiger partial charge in [0.05, 0.1) is 19.3 Å². The van der Waals surface area contributed by atoms with Crippen LogP contribution in [0.1, 0.15) is 69.4 Å². The number of aryl methyl sites for hydroxylation is 2. The topological polar surface area (TPSA) is 48.7 Å². The lowest BCUT2D eigenvalue weighted by Gasteiger charge is -2.12. The van der Waals surface area contributed by atoms with Crippen molar-refractivity contribution in [2.24, 2.45) is 0 Å². The molecule has 0 amide bonds. The zero-order valence-electron chi connectivity index (χ0n) is 23.3. The third-order valence-corrected chi connectivity index (χ3v) is 7.32. The molecular weight excluding hydrogens is 472 g/mol. The summed E-state index contributed by atoms with van der Waals surface area (Å²) in [7, 11) is 1.67. The molecular formula is C34H40O4. The molecule has 0 aliphatic carbocycles. The van der Waals surface area contributed by atoms with Gasteiger partial charge in [0.25, 0.3) is 0 Å².